The van der Waals surface area contributed by atoms with Crippen LogP contribution in [0.2, 0.25) is 0 Å². The number of carbonyl (C=O) groups is 2. The topological polar surface area (TPSA) is 88.5 Å². The van der Waals surface area contributed by atoms with E-state index in [9.17, 15) is 9.59 Å². The molecule has 0 bridgehead atoms. The second-order valence-electron chi connectivity index (χ2n) is 2.74. The van der Waals surface area contributed by atoms with E-state index in [0.717, 1.165) is 6.08 Å². The van der Waals surface area contributed by atoms with Crippen molar-refractivity contribution in [3.05, 3.63) is 30.0 Å². The number of ether oxygens (including phenoxy) is 1. The molecule has 1 amide bonds. The molecule has 6 heteroatoms. The third-order valence-electron chi connectivity index (χ3n) is 1.58. The molecule has 1 aromatic rings. The average molecular weight is 222 g/mol. The number of aromatic nitrogens is 1. The lowest BCUT2D eigenvalue weighted by atomic mass is 10.3. The van der Waals surface area contributed by atoms with Gasteiger partial charge in [-0.25, -0.2) is 14.6 Å². The van der Waals surface area contributed by atoms with Crippen molar-refractivity contribution >= 4 is 24.0 Å². The Balaban J connectivity index is 2.78. The summed E-state index contributed by atoms with van der Waals surface area (Å²) >= 11 is 0. The molecule has 0 fully saturated rings. The molecule has 0 radical (unpaired) electrons. The predicted molar refractivity (Wildman–Crippen MR) is 56.9 cm³/mol. The third kappa shape index (κ3) is 3.79. The highest BCUT2D eigenvalue weighted by Gasteiger charge is 2.01. The van der Waals surface area contributed by atoms with Crippen molar-refractivity contribution in [3.8, 4) is 0 Å². The minimum absolute atomic E-state index is 0.291. The van der Waals surface area contributed by atoms with Gasteiger partial charge in [0.15, 0.2) is 0 Å². The maximum Gasteiger partial charge on any atom is 0.412 e. The number of methoxy groups -OCH3 is 1. The molecule has 2 N–H and O–H groups in total. The van der Waals surface area contributed by atoms with Crippen LogP contribution in [0.4, 0.5) is 10.6 Å². The van der Waals surface area contributed by atoms with Crippen LogP contribution in [0.15, 0.2) is 24.3 Å². The zero-order valence-corrected chi connectivity index (χ0v) is 8.51. The van der Waals surface area contributed by atoms with Gasteiger partial charge < -0.3 is 9.84 Å². The molecule has 0 saturated carbocycles. The fraction of sp³-hybridized carbons (Fsp3) is 0.100. The van der Waals surface area contributed by atoms with Crippen LogP contribution in [0.1, 0.15) is 5.69 Å². The van der Waals surface area contributed by atoms with Gasteiger partial charge in [0.25, 0.3) is 0 Å². The molecule has 1 heterocycles. The van der Waals surface area contributed by atoms with Crippen molar-refractivity contribution in [1.82, 2.24) is 4.98 Å². The summed E-state index contributed by atoms with van der Waals surface area (Å²) in [6.45, 7) is 0. The molecule has 0 aliphatic carbocycles. The molecule has 0 aromatic carbocycles. The highest BCUT2D eigenvalue weighted by atomic mass is 16.5. The Bertz CT molecular complexity index is 429. The number of nitrogens with one attached hydrogen (secondary N) is 1. The maximum atomic E-state index is 10.9. The molecule has 1 rings (SSSR count). The van der Waals surface area contributed by atoms with Gasteiger partial charge >= 0.3 is 12.1 Å². The molecule has 0 spiro atoms. The molecule has 0 aliphatic heterocycles. The number of aliphatic carboxylic acids is 1. The number of pyridine rings is 1. The quantitative estimate of drug-likeness (QED) is 0.754. The summed E-state index contributed by atoms with van der Waals surface area (Å²) in [5, 5.41) is 10.8. The van der Waals surface area contributed by atoms with Crippen molar-refractivity contribution in [2.45, 2.75) is 0 Å². The summed E-state index contributed by atoms with van der Waals surface area (Å²) in [7, 11) is 1.24. The van der Waals surface area contributed by atoms with E-state index in [4.69, 9.17) is 5.11 Å². The molecular weight excluding hydrogens is 212 g/mol. The van der Waals surface area contributed by atoms with Gasteiger partial charge in [-0.1, -0.05) is 6.07 Å². The summed E-state index contributed by atoms with van der Waals surface area (Å²) in [6.07, 6.45) is 1.65. The highest BCUT2D eigenvalue weighted by Crippen LogP contribution is 2.06. The first-order valence-electron chi connectivity index (χ1n) is 4.35. The van der Waals surface area contributed by atoms with E-state index in [2.05, 4.69) is 15.0 Å². The van der Waals surface area contributed by atoms with Crippen LogP contribution in [-0.2, 0) is 9.53 Å². The Morgan fingerprint density at radius 1 is 1.50 bits per heavy atom. The smallest absolute Gasteiger partial charge is 0.412 e. The van der Waals surface area contributed by atoms with Crippen molar-refractivity contribution in [2.75, 3.05) is 12.4 Å². The van der Waals surface area contributed by atoms with Gasteiger partial charge in [0, 0.05) is 6.08 Å². The Morgan fingerprint density at radius 3 is 2.88 bits per heavy atom. The first kappa shape index (κ1) is 11.7. The van der Waals surface area contributed by atoms with E-state index in [1.165, 1.54) is 13.2 Å². The fourth-order valence-corrected chi connectivity index (χ4v) is 0.926. The van der Waals surface area contributed by atoms with Crippen LogP contribution in [0, 0.1) is 0 Å². The van der Waals surface area contributed by atoms with Crippen LogP contribution in [-0.4, -0.2) is 29.3 Å². The zero-order valence-electron chi connectivity index (χ0n) is 8.51. The molecule has 0 atom stereocenters. The van der Waals surface area contributed by atoms with Crippen molar-refractivity contribution in [1.29, 1.82) is 0 Å². The summed E-state index contributed by atoms with van der Waals surface area (Å²) in [6, 6.07) is 4.82. The van der Waals surface area contributed by atoms with E-state index in [1.54, 1.807) is 18.2 Å². The average Bonchev–Trinajstić information content (AvgIpc) is 2.26. The van der Waals surface area contributed by atoms with E-state index < -0.39 is 12.1 Å². The van der Waals surface area contributed by atoms with Gasteiger partial charge in [0.2, 0.25) is 0 Å². The van der Waals surface area contributed by atoms with Gasteiger partial charge in [0.1, 0.15) is 5.82 Å². The van der Waals surface area contributed by atoms with Gasteiger partial charge in [0.05, 0.1) is 12.8 Å². The van der Waals surface area contributed by atoms with Crippen LogP contribution < -0.4 is 5.32 Å². The highest BCUT2D eigenvalue weighted by molar-refractivity contribution is 5.85. The third-order valence-corrected chi connectivity index (χ3v) is 1.58. The number of carboxylic acids is 1. The Hall–Kier alpha value is -2.37. The Kier molecular flexibility index (Phi) is 4.02. The fourth-order valence-electron chi connectivity index (χ4n) is 0.926. The second-order valence-corrected chi connectivity index (χ2v) is 2.74. The predicted octanol–water partition coefficient (Wildman–Crippen LogP) is 1.36. The second kappa shape index (κ2) is 5.50. The largest absolute Gasteiger partial charge is 0.478 e. The molecular formula is C10H10N2O4. The first-order chi connectivity index (χ1) is 7.61. The zero-order chi connectivity index (χ0) is 12.0. The lowest BCUT2D eigenvalue weighted by Crippen LogP contribution is -2.12. The van der Waals surface area contributed by atoms with Crippen molar-refractivity contribution < 1.29 is 19.4 Å². The number of nitrogens with zero attached hydrogens (tertiary/aromatic N) is 1. The van der Waals surface area contributed by atoms with E-state index in [1.807, 2.05) is 0 Å². The number of anilines is 1. The summed E-state index contributed by atoms with van der Waals surface area (Å²) in [5.41, 5.74) is 0.427. The van der Waals surface area contributed by atoms with E-state index in [-0.39, 0.29) is 0 Å². The normalized spacial score (nSPS) is 10.1. The minimum atomic E-state index is -1.06. The van der Waals surface area contributed by atoms with Crippen LogP contribution in [0.5, 0.6) is 0 Å². The van der Waals surface area contributed by atoms with Gasteiger partial charge in [-0.2, -0.15) is 0 Å². The van der Waals surface area contributed by atoms with Gasteiger partial charge in [-0.05, 0) is 18.2 Å². The number of carboxylic acid groups (broad SMARTS) is 1. The standard InChI is InChI=1S/C10H10N2O4/c1-16-10(15)12-8-4-2-3-7(11-8)5-6-9(13)14/h2-6H,1H3,(H,13,14)(H,11,12,15)/b6-5+. The van der Waals surface area contributed by atoms with Crippen LogP contribution in [0.25, 0.3) is 6.08 Å². The van der Waals surface area contributed by atoms with E-state index >= 15 is 0 Å². The molecule has 0 aliphatic rings. The SMILES string of the molecule is COC(=O)Nc1cccc(/C=C/C(=O)O)n1. The number of amides is 1. The van der Waals surface area contributed by atoms with Crippen molar-refractivity contribution in [2.24, 2.45) is 0 Å². The number of carbonyl (C=O) groups excluding carboxylic acids is 1. The molecule has 84 valence electrons. The van der Waals surface area contributed by atoms with Gasteiger partial charge in [-0.15, -0.1) is 0 Å². The summed E-state index contributed by atoms with van der Waals surface area (Å²) < 4.78 is 4.39. The van der Waals surface area contributed by atoms with Crippen molar-refractivity contribution in [3.63, 3.8) is 0 Å². The summed E-state index contributed by atoms with van der Waals surface area (Å²) in [4.78, 5) is 25.1. The maximum absolute atomic E-state index is 10.9. The van der Waals surface area contributed by atoms with Gasteiger partial charge in [-0.3, -0.25) is 5.32 Å². The molecule has 0 unspecified atom stereocenters. The lowest BCUT2D eigenvalue weighted by molar-refractivity contribution is -0.131. The molecule has 16 heavy (non-hydrogen) atoms. The number of hydrogen-bond donors (Lipinski definition) is 2. The Labute approximate surface area is 91.6 Å². The molecule has 0 saturated heterocycles. The number of hydrogen-bond acceptors (Lipinski definition) is 4. The summed E-state index contributed by atoms with van der Waals surface area (Å²) in [5.74, 6) is -0.771. The monoisotopic (exact) mass is 222 g/mol. The molecule has 1 aromatic heterocycles. The molecule has 6 nitrogen and oxygen atoms in total. The van der Waals surface area contributed by atoms with Crippen LogP contribution in [0.3, 0.4) is 0 Å². The van der Waals surface area contributed by atoms with E-state index in [0.29, 0.717) is 11.5 Å². The lowest BCUT2D eigenvalue weighted by Gasteiger charge is -2.02. The Morgan fingerprint density at radius 2 is 2.25 bits per heavy atom. The minimum Gasteiger partial charge on any atom is -0.478 e. The first-order valence-corrected chi connectivity index (χ1v) is 4.35. The van der Waals surface area contributed by atoms with Crippen LogP contribution >= 0.6 is 0 Å². The number of rotatable bonds is 3.